The molecular formula is C15H26N4O2Si. The molecule has 0 aliphatic heterocycles. The van der Waals surface area contributed by atoms with E-state index in [1.807, 2.05) is 13.1 Å². The van der Waals surface area contributed by atoms with Crippen molar-refractivity contribution in [2.45, 2.75) is 58.5 Å². The number of anilines is 1. The fourth-order valence-corrected chi connectivity index (χ4v) is 3.22. The van der Waals surface area contributed by atoms with Crippen molar-refractivity contribution in [3.63, 3.8) is 0 Å². The minimum Gasteiger partial charge on any atom is -0.441 e. The number of aromatic nitrogens is 3. The van der Waals surface area contributed by atoms with Gasteiger partial charge in [-0.05, 0) is 31.1 Å². The van der Waals surface area contributed by atoms with Gasteiger partial charge in [-0.2, -0.15) is 5.10 Å². The van der Waals surface area contributed by atoms with Gasteiger partial charge < -0.3 is 14.6 Å². The number of nitrogens with zero attached hydrogens (tertiary/aromatic N) is 3. The van der Waals surface area contributed by atoms with Gasteiger partial charge in [0.15, 0.2) is 8.32 Å². The molecule has 0 saturated heterocycles. The van der Waals surface area contributed by atoms with Crippen LogP contribution in [0.4, 0.5) is 5.82 Å². The van der Waals surface area contributed by atoms with Gasteiger partial charge in [-0.25, -0.2) is 4.98 Å². The van der Waals surface area contributed by atoms with Crippen LogP contribution in [-0.4, -0.2) is 23.1 Å². The summed E-state index contributed by atoms with van der Waals surface area (Å²) in [6.07, 6.45) is 3.38. The van der Waals surface area contributed by atoms with Crippen molar-refractivity contribution >= 4 is 14.1 Å². The van der Waals surface area contributed by atoms with Crippen LogP contribution < -0.4 is 5.73 Å². The first kappa shape index (κ1) is 16.8. The smallest absolute Gasteiger partial charge is 0.222 e. The van der Waals surface area contributed by atoms with Crippen LogP contribution in [0.15, 0.2) is 22.9 Å². The molecule has 2 aromatic heterocycles. The summed E-state index contributed by atoms with van der Waals surface area (Å²) >= 11 is 0. The summed E-state index contributed by atoms with van der Waals surface area (Å²) in [4.78, 5) is 4.34. The molecule has 2 rings (SSSR count). The summed E-state index contributed by atoms with van der Waals surface area (Å²) in [7, 11) is -1.85. The number of rotatable bonds is 5. The van der Waals surface area contributed by atoms with Crippen LogP contribution in [0.3, 0.4) is 0 Å². The molecule has 0 amide bonds. The highest BCUT2D eigenvalue weighted by atomic mass is 28.4. The quantitative estimate of drug-likeness (QED) is 0.851. The Morgan fingerprint density at radius 1 is 1.41 bits per heavy atom. The largest absolute Gasteiger partial charge is 0.441 e. The standard InChI is InChI=1S/C15H26N4O2Si/c1-11(21-22(5,6)15(2,3)4)14-17-9-12(20-14)10-19-8-7-13(16)18-19/h7-9,11H,10H2,1-6H3,(H2,16,18). The molecule has 0 fully saturated rings. The fourth-order valence-electron chi connectivity index (χ4n) is 1.88. The summed E-state index contributed by atoms with van der Waals surface area (Å²) in [6.45, 7) is 13.6. The predicted octanol–water partition coefficient (Wildman–Crippen LogP) is 3.58. The fraction of sp³-hybridized carbons (Fsp3) is 0.600. The zero-order valence-corrected chi connectivity index (χ0v) is 15.3. The summed E-state index contributed by atoms with van der Waals surface area (Å²) in [5.74, 6) is 1.85. The molecule has 0 aliphatic carbocycles. The average molecular weight is 322 g/mol. The molecule has 7 heteroatoms. The SMILES string of the molecule is CC(O[Si](C)(C)C(C)(C)C)c1ncc(Cn2ccc(N)n2)o1. The zero-order chi connectivity index (χ0) is 16.5. The monoisotopic (exact) mass is 322 g/mol. The molecule has 2 aromatic rings. The van der Waals surface area contributed by atoms with Crippen LogP contribution in [0.1, 0.15) is 45.4 Å². The Morgan fingerprint density at radius 3 is 2.64 bits per heavy atom. The summed E-state index contributed by atoms with van der Waals surface area (Å²) in [6, 6.07) is 1.75. The van der Waals surface area contributed by atoms with E-state index >= 15 is 0 Å². The Kier molecular flexibility index (Phi) is 4.48. The molecule has 122 valence electrons. The summed E-state index contributed by atoms with van der Waals surface area (Å²) < 4.78 is 13.8. The van der Waals surface area contributed by atoms with Gasteiger partial charge in [0, 0.05) is 6.20 Å². The van der Waals surface area contributed by atoms with Gasteiger partial charge in [-0.3, -0.25) is 4.68 Å². The molecule has 1 unspecified atom stereocenters. The second-order valence-electron chi connectivity index (χ2n) is 7.12. The van der Waals surface area contributed by atoms with Gasteiger partial charge in [-0.1, -0.05) is 20.8 Å². The summed E-state index contributed by atoms with van der Waals surface area (Å²) in [5, 5.41) is 4.29. The molecule has 1 atom stereocenters. The van der Waals surface area contributed by atoms with E-state index in [4.69, 9.17) is 14.6 Å². The summed E-state index contributed by atoms with van der Waals surface area (Å²) in [5.41, 5.74) is 5.60. The second-order valence-corrected chi connectivity index (χ2v) is 11.9. The topological polar surface area (TPSA) is 79.1 Å². The van der Waals surface area contributed by atoms with E-state index in [2.05, 4.69) is 43.9 Å². The molecule has 0 bridgehead atoms. The number of hydrogen-bond donors (Lipinski definition) is 1. The van der Waals surface area contributed by atoms with Crippen LogP contribution in [0.5, 0.6) is 0 Å². The zero-order valence-electron chi connectivity index (χ0n) is 14.3. The molecule has 0 aromatic carbocycles. The maximum absolute atomic E-state index is 6.30. The molecular weight excluding hydrogens is 296 g/mol. The van der Waals surface area contributed by atoms with E-state index in [0.717, 1.165) is 5.76 Å². The Hall–Kier alpha value is -1.60. The predicted molar refractivity (Wildman–Crippen MR) is 88.9 cm³/mol. The van der Waals surface area contributed by atoms with Crippen molar-refractivity contribution in [3.05, 3.63) is 30.1 Å². The molecule has 0 saturated carbocycles. The third-order valence-corrected chi connectivity index (χ3v) is 8.73. The highest BCUT2D eigenvalue weighted by molar-refractivity contribution is 6.74. The van der Waals surface area contributed by atoms with Crippen molar-refractivity contribution in [2.24, 2.45) is 0 Å². The van der Waals surface area contributed by atoms with Crippen LogP contribution in [-0.2, 0) is 11.0 Å². The molecule has 2 heterocycles. The van der Waals surface area contributed by atoms with E-state index in [9.17, 15) is 0 Å². The lowest BCUT2D eigenvalue weighted by Gasteiger charge is -2.37. The number of nitrogens with two attached hydrogens (primary N) is 1. The Labute approximate surface area is 132 Å². The van der Waals surface area contributed by atoms with Gasteiger partial charge >= 0.3 is 0 Å². The van der Waals surface area contributed by atoms with E-state index in [1.54, 1.807) is 16.9 Å². The van der Waals surface area contributed by atoms with Crippen molar-refractivity contribution in [1.82, 2.24) is 14.8 Å². The van der Waals surface area contributed by atoms with E-state index in [1.165, 1.54) is 0 Å². The molecule has 22 heavy (non-hydrogen) atoms. The van der Waals surface area contributed by atoms with Crippen LogP contribution in [0.2, 0.25) is 18.1 Å². The minimum atomic E-state index is -1.85. The van der Waals surface area contributed by atoms with Crippen LogP contribution in [0, 0.1) is 0 Å². The lowest BCUT2D eigenvalue weighted by molar-refractivity contribution is 0.166. The number of nitrogen functional groups attached to an aromatic ring is 1. The number of oxazole rings is 1. The van der Waals surface area contributed by atoms with Gasteiger partial charge in [-0.15, -0.1) is 0 Å². The average Bonchev–Trinajstić information content (AvgIpc) is 2.97. The normalized spacial score (nSPS) is 14.3. The lowest BCUT2D eigenvalue weighted by atomic mass is 10.2. The Morgan fingerprint density at radius 2 is 2.09 bits per heavy atom. The molecule has 2 N–H and O–H groups in total. The van der Waals surface area contributed by atoms with E-state index in [-0.39, 0.29) is 11.1 Å². The van der Waals surface area contributed by atoms with Gasteiger partial charge in [0.1, 0.15) is 24.2 Å². The maximum Gasteiger partial charge on any atom is 0.222 e. The maximum atomic E-state index is 6.30. The first-order valence-corrected chi connectivity index (χ1v) is 10.4. The second kappa shape index (κ2) is 5.89. The van der Waals surface area contributed by atoms with Crippen LogP contribution in [0.25, 0.3) is 0 Å². The van der Waals surface area contributed by atoms with Crippen LogP contribution >= 0.6 is 0 Å². The first-order chi connectivity index (χ1) is 10.1. The van der Waals surface area contributed by atoms with Gasteiger partial charge in [0.05, 0.1) is 6.20 Å². The van der Waals surface area contributed by atoms with Crippen molar-refractivity contribution in [1.29, 1.82) is 0 Å². The highest BCUT2D eigenvalue weighted by Gasteiger charge is 2.39. The Bertz CT molecular complexity index is 628. The van der Waals surface area contributed by atoms with Gasteiger partial charge in [0.2, 0.25) is 5.89 Å². The molecule has 0 radical (unpaired) electrons. The first-order valence-electron chi connectivity index (χ1n) is 7.50. The van der Waals surface area contributed by atoms with Crippen molar-refractivity contribution in [2.75, 3.05) is 5.73 Å². The Balaban J connectivity index is 2.04. The van der Waals surface area contributed by atoms with Gasteiger partial charge in [0.25, 0.3) is 0 Å². The van der Waals surface area contributed by atoms with Crippen molar-refractivity contribution < 1.29 is 8.84 Å². The lowest BCUT2D eigenvalue weighted by Crippen LogP contribution is -2.41. The third-order valence-electron chi connectivity index (χ3n) is 4.18. The minimum absolute atomic E-state index is 0.155. The highest BCUT2D eigenvalue weighted by Crippen LogP contribution is 2.39. The van der Waals surface area contributed by atoms with E-state index < -0.39 is 8.32 Å². The molecule has 0 spiro atoms. The third kappa shape index (κ3) is 3.78. The van der Waals surface area contributed by atoms with E-state index in [0.29, 0.717) is 18.3 Å². The molecule has 6 nitrogen and oxygen atoms in total. The molecule has 0 aliphatic rings. The van der Waals surface area contributed by atoms with Crippen molar-refractivity contribution in [3.8, 4) is 0 Å². The number of hydrogen-bond acceptors (Lipinski definition) is 5.